The van der Waals surface area contributed by atoms with Crippen LogP contribution in [0.1, 0.15) is 32.2 Å². The third-order valence-corrected chi connectivity index (χ3v) is 4.10. The number of aryl methyl sites for hydroxylation is 1. The predicted molar refractivity (Wildman–Crippen MR) is 118 cm³/mol. The van der Waals surface area contributed by atoms with Crippen LogP contribution in [0.5, 0.6) is 0 Å². The molecule has 0 amide bonds. The minimum atomic E-state index is -0.210. The topological polar surface area (TPSA) is 70.4 Å². The maximum atomic E-state index is 14.4. The summed E-state index contributed by atoms with van der Waals surface area (Å²) in [7, 11) is 1.84. The molecule has 0 saturated heterocycles. The second kappa shape index (κ2) is 11.7. The second-order valence-corrected chi connectivity index (χ2v) is 5.81. The van der Waals surface area contributed by atoms with E-state index in [0.29, 0.717) is 24.7 Å². The van der Waals surface area contributed by atoms with Gasteiger partial charge in [-0.3, -0.25) is 4.68 Å². The Labute approximate surface area is 177 Å². The van der Waals surface area contributed by atoms with Crippen molar-refractivity contribution in [2.75, 3.05) is 24.5 Å². The van der Waals surface area contributed by atoms with Crippen molar-refractivity contribution >= 4 is 35.6 Å². The van der Waals surface area contributed by atoms with Gasteiger partial charge in [0, 0.05) is 26.7 Å². The van der Waals surface area contributed by atoms with Gasteiger partial charge in [0.15, 0.2) is 5.96 Å². The maximum absolute atomic E-state index is 14.4. The number of nitrogens with one attached hydrogen (secondary N) is 2. The average molecular weight is 489 g/mol. The minimum Gasteiger partial charge on any atom is -0.370 e. The minimum absolute atomic E-state index is 0. The molecule has 7 nitrogen and oxygen atoms in total. The summed E-state index contributed by atoms with van der Waals surface area (Å²) in [5, 5.41) is 10.4. The third kappa shape index (κ3) is 6.64. The fraction of sp³-hybridized carbons (Fsp3) is 0.500. The Bertz CT molecular complexity index is 728. The quantitative estimate of drug-likeness (QED) is 0.339. The van der Waals surface area contributed by atoms with Crippen LogP contribution in [0, 0.1) is 5.82 Å². The summed E-state index contributed by atoms with van der Waals surface area (Å²) in [5.74, 6) is 1.26. The first-order valence-corrected chi connectivity index (χ1v) is 8.97. The number of anilines is 1. The molecule has 0 spiro atoms. The van der Waals surface area contributed by atoms with E-state index in [1.807, 2.05) is 44.9 Å². The number of halogens is 2. The molecule has 0 fully saturated rings. The Morgan fingerprint density at radius 1 is 1.22 bits per heavy atom. The Morgan fingerprint density at radius 2 is 1.96 bits per heavy atom. The highest BCUT2D eigenvalue weighted by Crippen LogP contribution is 2.20. The monoisotopic (exact) mass is 489 g/mol. The number of rotatable bonds is 8. The molecule has 0 bridgehead atoms. The van der Waals surface area contributed by atoms with Crippen LogP contribution >= 0.6 is 24.0 Å². The second-order valence-electron chi connectivity index (χ2n) is 5.81. The molecule has 9 heteroatoms. The van der Waals surface area contributed by atoms with Crippen molar-refractivity contribution in [3.8, 4) is 0 Å². The number of aromatic nitrogens is 3. The Morgan fingerprint density at radius 3 is 2.52 bits per heavy atom. The van der Waals surface area contributed by atoms with Gasteiger partial charge in [0.05, 0.1) is 18.8 Å². The summed E-state index contributed by atoms with van der Waals surface area (Å²) in [6.07, 6.45) is 1.52. The molecule has 0 radical (unpaired) electrons. The molecule has 27 heavy (non-hydrogen) atoms. The van der Waals surface area contributed by atoms with E-state index in [2.05, 4.69) is 25.7 Å². The molecule has 0 aliphatic carbocycles. The molecule has 0 saturated carbocycles. The third-order valence-electron chi connectivity index (χ3n) is 4.10. The lowest BCUT2D eigenvalue weighted by molar-refractivity contribution is 0.617. The SMILES string of the molecule is CCNC(=NCc1ccc(N(CC)CC)c(F)c1)NCc1ncnn1C.I. The molecule has 0 unspecified atom stereocenters. The van der Waals surface area contributed by atoms with Gasteiger partial charge >= 0.3 is 0 Å². The number of hydrogen-bond acceptors (Lipinski definition) is 4. The largest absolute Gasteiger partial charge is 0.370 e. The highest BCUT2D eigenvalue weighted by atomic mass is 127. The molecule has 2 rings (SSSR count). The van der Waals surface area contributed by atoms with Crippen LogP contribution in [0.4, 0.5) is 10.1 Å². The van der Waals surface area contributed by atoms with E-state index in [9.17, 15) is 4.39 Å². The average Bonchev–Trinajstić information content (AvgIpc) is 3.05. The smallest absolute Gasteiger partial charge is 0.191 e. The molecular weight excluding hydrogens is 460 g/mol. The van der Waals surface area contributed by atoms with E-state index in [0.717, 1.165) is 31.0 Å². The van der Waals surface area contributed by atoms with Gasteiger partial charge < -0.3 is 15.5 Å². The lowest BCUT2D eigenvalue weighted by atomic mass is 10.2. The van der Waals surface area contributed by atoms with Gasteiger partial charge in [0.2, 0.25) is 0 Å². The molecule has 2 aromatic rings. The molecule has 2 N–H and O–H groups in total. The van der Waals surface area contributed by atoms with Crippen molar-refractivity contribution in [1.82, 2.24) is 25.4 Å². The Balaban J connectivity index is 0.00000364. The molecule has 150 valence electrons. The van der Waals surface area contributed by atoms with Gasteiger partial charge in [-0.15, -0.1) is 24.0 Å². The van der Waals surface area contributed by atoms with Crippen LogP contribution in [0.15, 0.2) is 29.5 Å². The normalized spacial score (nSPS) is 11.1. The zero-order chi connectivity index (χ0) is 18.9. The van der Waals surface area contributed by atoms with Gasteiger partial charge in [-0.05, 0) is 38.5 Å². The van der Waals surface area contributed by atoms with Gasteiger partial charge in [0.25, 0.3) is 0 Å². The van der Waals surface area contributed by atoms with Crippen LogP contribution in [0.2, 0.25) is 0 Å². The van der Waals surface area contributed by atoms with E-state index in [1.165, 1.54) is 6.33 Å². The fourth-order valence-corrected chi connectivity index (χ4v) is 2.62. The predicted octanol–water partition coefficient (Wildman–Crippen LogP) is 2.67. The molecule has 0 atom stereocenters. The number of nitrogens with zero attached hydrogens (tertiary/aromatic N) is 5. The van der Waals surface area contributed by atoms with Gasteiger partial charge in [-0.25, -0.2) is 14.4 Å². The summed E-state index contributed by atoms with van der Waals surface area (Å²) in [6, 6.07) is 5.31. The van der Waals surface area contributed by atoms with Gasteiger partial charge in [0.1, 0.15) is 18.0 Å². The summed E-state index contributed by atoms with van der Waals surface area (Å²) in [4.78, 5) is 10.7. The van der Waals surface area contributed by atoms with E-state index in [4.69, 9.17) is 0 Å². The summed E-state index contributed by atoms with van der Waals surface area (Å²) >= 11 is 0. The summed E-state index contributed by atoms with van der Waals surface area (Å²) in [6.45, 7) is 9.24. The lowest BCUT2D eigenvalue weighted by Gasteiger charge is -2.21. The van der Waals surface area contributed by atoms with E-state index in [-0.39, 0.29) is 29.8 Å². The highest BCUT2D eigenvalue weighted by molar-refractivity contribution is 14.0. The van der Waals surface area contributed by atoms with Crippen molar-refractivity contribution in [1.29, 1.82) is 0 Å². The first-order valence-electron chi connectivity index (χ1n) is 8.97. The van der Waals surface area contributed by atoms with Crippen molar-refractivity contribution in [3.63, 3.8) is 0 Å². The van der Waals surface area contributed by atoms with Gasteiger partial charge in [-0.1, -0.05) is 6.07 Å². The van der Waals surface area contributed by atoms with E-state index >= 15 is 0 Å². The lowest BCUT2D eigenvalue weighted by Crippen LogP contribution is -2.37. The maximum Gasteiger partial charge on any atom is 0.191 e. The molecule has 0 aliphatic rings. The zero-order valence-corrected chi connectivity index (χ0v) is 18.7. The number of hydrogen-bond donors (Lipinski definition) is 2. The summed E-state index contributed by atoms with van der Waals surface area (Å²) < 4.78 is 16.1. The van der Waals surface area contributed by atoms with Gasteiger partial charge in [-0.2, -0.15) is 5.10 Å². The summed E-state index contributed by atoms with van der Waals surface area (Å²) in [5.41, 5.74) is 1.46. The zero-order valence-electron chi connectivity index (χ0n) is 16.4. The first-order chi connectivity index (χ1) is 12.6. The van der Waals surface area contributed by atoms with Crippen molar-refractivity contribution in [2.24, 2.45) is 12.0 Å². The van der Waals surface area contributed by atoms with Crippen LogP contribution in [-0.2, 0) is 20.1 Å². The number of benzene rings is 1. The Kier molecular flexibility index (Phi) is 10.0. The Hall–Kier alpha value is -1.91. The van der Waals surface area contributed by atoms with Crippen LogP contribution in [-0.4, -0.2) is 40.4 Å². The van der Waals surface area contributed by atoms with Crippen LogP contribution < -0.4 is 15.5 Å². The highest BCUT2D eigenvalue weighted by Gasteiger charge is 2.09. The molecular formula is C18H29FIN7. The van der Waals surface area contributed by atoms with Crippen molar-refractivity contribution < 1.29 is 4.39 Å². The number of aliphatic imine (C=N–C) groups is 1. The fourth-order valence-electron chi connectivity index (χ4n) is 2.62. The van der Waals surface area contributed by atoms with Crippen molar-refractivity contribution in [3.05, 3.63) is 41.7 Å². The van der Waals surface area contributed by atoms with E-state index < -0.39 is 0 Å². The molecule has 1 aromatic heterocycles. The molecule has 1 heterocycles. The van der Waals surface area contributed by atoms with Crippen molar-refractivity contribution in [2.45, 2.75) is 33.9 Å². The number of guanidine groups is 1. The van der Waals surface area contributed by atoms with Crippen LogP contribution in [0.3, 0.4) is 0 Å². The molecule has 1 aromatic carbocycles. The standard InChI is InChI=1S/C18H28FN7.HI/c1-5-20-18(22-12-17-23-13-24-25(17)4)21-11-14-8-9-16(15(19)10-14)26(6-2)7-3;/h8-10,13H,5-7,11-12H2,1-4H3,(H2,20,21,22);1H. The first kappa shape index (κ1) is 23.1. The van der Waals surface area contributed by atoms with E-state index in [1.54, 1.807) is 10.7 Å². The van der Waals surface area contributed by atoms with Crippen LogP contribution in [0.25, 0.3) is 0 Å². The molecule has 0 aliphatic heterocycles.